The zero-order valence-corrected chi connectivity index (χ0v) is 10.2. The maximum atomic E-state index is 11.1. The Kier molecular flexibility index (Phi) is 8.15. The lowest BCUT2D eigenvalue weighted by Crippen LogP contribution is -1.88. The largest absolute Gasteiger partial charge is 0.423 e. The molecule has 0 aliphatic heterocycles. The summed E-state index contributed by atoms with van der Waals surface area (Å²) in [6.45, 7) is 7.04. The molecular formula is C8H13Cl2O3P. The maximum absolute atomic E-state index is 11.1. The van der Waals surface area contributed by atoms with Gasteiger partial charge in [-0.3, -0.25) is 0 Å². The fourth-order valence-electron chi connectivity index (χ4n) is 0.569. The number of hydrogen-bond acceptors (Lipinski definition) is 3. The molecule has 0 fully saturated rings. The van der Waals surface area contributed by atoms with Gasteiger partial charge in [0.25, 0.3) is 0 Å². The summed E-state index contributed by atoms with van der Waals surface area (Å²) < 4.78 is 20.8. The Morgan fingerprint density at radius 2 is 1.43 bits per heavy atom. The minimum atomic E-state index is -2.60. The fraction of sp³-hybridized carbons (Fsp3) is 0.500. The summed E-state index contributed by atoms with van der Waals surface area (Å²) in [5.74, 6) is 1.44. The van der Waals surface area contributed by atoms with Gasteiger partial charge in [-0.15, -0.1) is 23.2 Å². The second-order valence-electron chi connectivity index (χ2n) is 2.41. The van der Waals surface area contributed by atoms with Crippen molar-refractivity contribution >= 4 is 31.5 Å². The van der Waals surface area contributed by atoms with Crippen LogP contribution in [0, 0.1) is 0 Å². The first-order valence-electron chi connectivity index (χ1n) is 3.97. The van der Waals surface area contributed by atoms with Gasteiger partial charge in [-0.05, 0) is 0 Å². The van der Waals surface area contributed by atoms with Gasteiger partial charge in [0.15, 0.2) is 0 Å². The van der Waals surface area contributed by atoms with Crippen LogP contribution >= 0.6 is 31.5 Å². The average molecular weight is 259 g/mol. The first kappa shape index (κ1) is 13.9. The zero-order valence-electron chi connectivity index (χ0n) is 7.72. The molecule has 0 aromatic rings. The molecule has 0 aliphatic carbocycles. The highest BCUT2D eigenvalue weighted by atomic mass is 35.5. The molecule has 14 heavy (non-hydrogen) atoms. The Labute approximate surface area is 94.6 Å². The Morgan fingerprint density at radius 1 is 1.07 bits per heavy atom. The third kappa shape index (κ3) is 7.31. The summed E-state index contributed by atoms with van der Waals surface area (Å²) in [5, 5.41) is 0. The Balaban J connectivity index is 3.75. The Morgan fingerprint density at radius 3 is 1.71 bits per heavy atom. The molecule has 0 saturated carbocycles. The van der Waals surface area contributed by atoms with E-state index in [0.29, 0.717) is 36.1 Å². The molecule has 0 aromatic carbocycles. The molecule has 0 radical (unpaired) electrons. The van der Waals surface area contributed by atoms with Crippen molar-refractivity contribution in [3.63, 3.8) is 0 Å². The average Bonchev–Trinajstić information content (AvgIpc) is 2.03. The molecule has 0 heterocycles. The van der Waals surface area contributed by atoms with Gasteiger partial charge >= 0.3 is 8.25 Å². The van der Waals surface area contributed by atoms with Crippen LogP contribution in [-0.4, -0.2) is 11.8 Å². The summed E-state index contributed by atoms with van der Waals surface area (Å²) in [7, 11) is -2.60. The molecular weight excluding hydrogens is 246 g/mol. The summed E-state index contributed by atoms with van der Waals surface area (Å²) in [5.41, 5.74) is 0. The molecule has 6 heteroatoms. The van der Waals surface area contributed by atoms with Crippen LogP contribution in [0.15, 0.2) is 24.7 Å². The van der Waals surface area contributed by atoms with E-state index in [1.54, 1.807) is 0 Å². The van der Waals surface area contributed by atoms with E-state index in [2.05, 4.69) is 13.2 Å². The van der Waals surface area contributed by atoms with Crippen LogP contribution in [-0.2, 0) is 13.6 Å². The second kappa shape index (κ2) is 8.22. The quantitative estimate of drug-likeness (QED) is 0.379. The van der Waals surface area contributed by atoms with E-state index >= 15 is 0 Å². The smallest absolute Gasteiger partial charge is 0.418 e. The van der Waals surface area contributed by atoms with Gasteiger partial charge in [0.05, 0.1) is 0 Å². The van der Waals surface area contributed by atoms with Crippen LogP contribution in [0.2, 0.25) is 0 Å². The first-order valence-corrected chi connectivity index (χ1v) is 6.26. The van der Waals surface area contributed by atoms with Crippen molar-refractivity contribution < 1.29 is 13.6 Å². The molecule has 0 aliphatic rings. The monoisotopic (exact) mass is 258 g/mol. The van der Waals surface area contributed by atoms with E-state index in [4.69, 9.17) is 32.2 Å². The van der Waals surface area contributed by atoms with Crippen LogP contribution in [0.25, 0.3) is 0 Å². The molecule has 0 saturated heterocycles. The highest BCUT2D eigenvalue weighted by Crippen LogP contribution is 2.31. The Bertz CT molecular complexity index is 209. The zero-order chi connectivity index (χ0) is 11.0. The van der Waals surface area contributed by atoms with Crippen LogP contribution < -0.4 is 0 Å². The lowest BCUT2D eigenvalue weighted by molar-refractivity contribution is 0.307. The van der Waals surface area contributed by atoms with Crippen molar-refractivity contribution in [1.29, 1.82) is 0 Å². The van der Waals surface area contributed by atoms with Gasteiger partial charge in [0, 0.05) is 24.6 Å². The van der Waals surface area contributed by atoms with Crippen LogP contribution in [0.1, 0.15) is 12.8 Å². The van der Waals surface area contributed by atoms with E-state index in [1.165, 1.54) is 0 Å². The third-order valence-electron chi connectivity index (χ3n) is 1.20. The van der Waals surface area contributed by atoms with Gasteiger partial charge in [-0.25, -0.2) is 4.57 Å². The Hall–Kier alpha value is -0.110. The third-order valence-corrected chi connectivity index (χ3v) is 2.49. The number of alkyl halides is 2. The molecule has 3 nitrogen and oxygen atoms in total. The van der Waals surface area contributed by atoms with E-state index in [1.807, 2.05) is 0 Å². The van der Waals surface area contributed by atoms with Crippen LogP contribution in [0.4, 0.5) is 0 Å². The molecule has 0 amide bonds. The van der Waals surface area contributed by atoms with Crippen molar-refractivity contribution in [2.24, 2.45) is 0 Å². The highest BCUT2D eigenvalue weighted by molar-refractivity contribution is 7.33. The summed E-state index contributed by atoms with van der Waals surface area (Å²) in [6, 6.07) is 0. The van der Waals surface area contributed by atoms with Gasteiger partial charge < -0.3 is 9.05 Å². The topological polar surface area (TPSA) is 35.5 Å². The molecule has 0 spiro atoms. The molecule has 82 valence electrons. The van der Waals surface area contributed by atoms with Gasteiger partial charge in [0.2, 0.25) is 0 Å². The standard InChI is InChI=1S/C8H13Cl2O3P/c1-7(3-5-9)12-14(11)13-8(2)4-6-10/h14H,1-6H2. The lowest BCUT2D eigenvalue weighted by Gasteiger charge is -2.09. The SMILES string of the molecule is C=C(CCCl)O[PH](=O)OC(=C)CCCl. The molecule has 0 atom stereocenters. The number of halogens is 2. The molecule has 0 aromatic heterocycles. The fourth-order valence-corrected chi connectivity index (χ4v) is 1.71. The van der Waals surface area contributed by atoms with Gasteiger partial charge in [-0.1, -0.05) is 13.2 Å². The predicted octanol–water partition coefficient (Wildman–Crippen LogP) is 3.69. The molecule has 0 unspecified atom stereocenters. The molecule has 0 bridgehead atoms. The maximum Gasteiger partial charge on any atom is 0.418 e. The minimum absolute atomic E-state index is 0.350. The van der Waals surface area contributed by atoms with Crippen LogP contribution in [0.5, 0.6) is 0 Å². The van der Waals surface area contributed by atoms with E-state index in [9.17, 15) is 4.57 Å². The normalized spacial score (nSPS) is 9.93. The first-order chi connectivity index (χ1) is 6.60. The number of rotatable bonds is 8. The summed E-state index contributed by atoms with van der Waals surface area (Å²) in [4.78, 5) is 0. The van der Waals surface area contributed by atoms with Crippen molar-refractivity contribution in [1.82, 2.24) is 0 Å². The van der Waals surface area contributed by atoms with E-state index in [-0.39, 0.29) is 0 Å². The van der Waals surface area contributed by atoms with Gasteiger partial charge in [-0.2, -0.15) is 0 Å². The number of hydrogen-bond donors (Lipinski definition) is 0. The van der Waals surface area contributed by atoms with E-state index in [0.717, 1.165) is 0 Å². The minimum Gasteiger partial charge on any atom is -0.423 e. The van der Waals surface area contributed by atoms with Crippen molar-refractivity contribution in [3.8, 4) is 0 Å². The lowest BCUT2D eigenvalue weighted by atomic mass is 10.4. The second-order valence-corrected chi connectivity index (χ2v) is 4.07. The summed E-state index contributed by atoms with van der Waals surface area (Å²) in [6.07, 6.45) is 0.895. The van der Waals surface area contributed by atoms with E-state index < -0.39 is 8.25 Å². The van der Waals surface area contributed by atoms with Crippen molar-refractivity contribution in [3.05, 3.63) is 24.7 Å². The molecule has 0 N–H and O–H groups in total. The van der Waals surface area contributed by atoms with Crippen molar-refractivity contribution in [2.45, 2.75) is 12.8 Å². The molecule has 0 rings (SSSR count). The highest BCUT2D eigenvalue weighted by Gasteiger charge is 2.05. The van der Waals surface area contributed by atoms with Crippen LogP contribution in [0.3, 0.4) is 0 Å². The van der Waals surface area contributed by atoms with Crippen molar-refractivity contribution in [2.75, 3.05) is 11.8 Å². The van der Waals surface area contributed by atoms with Gasteiger partial charge in [0.1, 0.15) is 11.5 Å². The number of allylic oxidation sites excluding steroid dienone is 2. The predicted molar refractivity (Wildman–Crippen MR) is 60.1 cm³/mol. The summed E-state index contributed by atoms with van der Waals surface area (Å²) >= 11 is 10.9.